The average molecular weight is 206 g/mol. The van der Waals surface area contributed by atoms with Crippen molar-refractivity contribution in [3.05, 3.63) is 35.9 Å². The lowest BCUT2D eigenvalue weighted by Crippen LogP contribution is -2.13. The number of unbranched alkanes of at least 4 members (excludes halogenated alkanes) is 1. The Morgan fingerprint density at radius 3 is 2.40 bits per heavy atom. The van der Waals surface area contributed by atoms with E-state index in [1.54, 1.807) is 0 Å². The number of hydrogen-bond acceptors (Lipinski definition) is 1. The smallest absolute Gasteiger partial charge is 0.0462 e. The van der Waals surface area contributed by atoms with Crippen LogP contribution in [0.1, 0.15) is 44.6 Å². The van der Waals surface area contributed by atoms with Crippen LogP contribution < -0.4 is 0 Å². The average Bonchev–Trinajstić information content (AvgIpc) is 2.30. The summed E-state index contributed by atoms with van der Waals surface area (Å²) in [7, 11) is 0. The fourth-order valence-electron chi connectivity index (χ4n) is 2.03. The highest BCUT2D eigenvalue weighted by atomic mass is 16.3. The number of aliphatic hydroxyl groups excluding tert-OH is 1. The zero-order valence-electron chi connectivity index (χ0n) is 9.82. The second-order valence-corrected chi connectivity index (χ2v) is 4.32. The second kappa shape index (κ2) is 6.62. The van der Waals surface area contributed by atoms with Gasteiger partial charge in [-0.3, -0.25) is 0 Å². The third-order valence-corrected chi connectivity index (χ3v) is 3.07. The van der Waals surface area contributed by atoms with Crippen LogP contribution in [0.15, 0.2) is 30.3 Å². The van der Waals surface area contributed by atoms with E-state index in [0.29, 0.717) is 11.8 Å². The maximum Gasteiger partial charge on any atom is 0.0462 e. The fourth-order valence-corrected chi connectivity index (χ4v) is 2.03. The molecule has 2 unspecified atom stereocenters. The van der Waals surface area contributed by atoms with Crippen molar-refractivity contribution in [1.82, 2.24) is 0 Å². The Balaban J connectivity index is 2.72. The van der Waals surface area contributed by atoms with Crippen molar-refractivity contribution in [1.29, 1.82) is 0 Å². The van der Waals surface area contributed by atoms with Crippen molar-refractivity contribution in [3.63, 3.8) is 0 Å². The van der Waals surface area contributed by atoms with E-state index < -0.39 is 0 Å². The maximum atomic E-state index is 9.27. The third-order valence-electron chi connectivity index (χ3n) is 3.07. The topological polar surface area (TPSA) is 20.2 Å². The van der Waals surface area contributed by atoms with Crippen LogP contribution in [0.3, 0.4) is 0 Å². The van der Waals surface area contributed by atoms with Crippen LogP contribution in [0, 0.1) is 5.92 Å². The molecule has 0 saturated carbocycles. The van der Waals surface area contributed by atoms with Crippen LogP contribution in [-0.4, -0.2) is 11.7 Å². The minimum atomic E-state index is 0.281. The monoisotopic (exact) mass is 206 g/mol. The molecule has 15 heavy (non-hydrogen) atoms. The zero-order valence-corrected chi connectivity index (χ0v) is 9.82. The van der Waals surface area contributed by atoms with E-state index in [9.17, 15) is 5.11 Å². The minimum absolute atomic E-state index is 0.281. The molecule has 84 valence electrons. The first-order valence-electron chi connectivity index (χ1n) is 5.95. The van der Waals surface area contributed by atoms with Crippen LogP contribution in [-0.2, 0) is 0 Å². The lowest BCUT2D eigenvalue weighted by atomic mass is 9.84. The van der Waals surface area contributed by atoms with Crippen LogP contribution in [0.5, 0.6) is 0 Å². The first kappa shape index (κ1) is 12.3. The largest absolute Gasteiger partial charge is 0.396 e. The molecule has 0 bridgehead atoms. The predicted molar refractivity (Wildman–Crippen MR) is 65.0 cm³/mol. The SMILES string of the molecule is CCCCC(c1ccccc1)C(C)CO. The van der Waals surface area contributed by atoms with Gasteiger partial charge in [0, 0.05) is 6.61 Å². The third kappa shape index (κ3) is 3.67. The molecule has 2 atom stereocenters. The van der Waals surface area contributed by atoms with E-state index in [0.717, 1.165) is 0 Å². The van der Waals surface area contributed by atoms with Gasteiger partial charge in [-0.15, -0.1) is 0 Å². The second-order valence-electron chi connectivity index (χ2n) is 4.32. The normalized spacial score (nSPS) is 14.9. The van der Waals surface area contributed by atoms with Gasteiger partial charge in [-0.1, -0.05) is 57.0 Å². The summed E-state index contributed by atoms with van der Waals surface area (Å²) in [5.41, 5.74) is 1.37. The summed E-state index contributed by atoms with van der Waals surface area (Å²) in [6, 6.07) is 10.6. The molecule has 0 aromatic heterocycles. The highest BCUT2D eigenvalue weighted by molar-refractivity contribution is 5.20. The van der Waals surface area contributed by atoms with Crippen LogP contribution >= 0.6 is 0 Å². The Hall–Kier alpha value is -0.820. The van der Waals surface area contributed by atoms with Crippen LogP contribution in [0.2, 0.25) is 0 Å². The molecule has 0 aliphatic carbocycles. The quantitative estimate of drug-likeness (QED) is 0.754. The Bertz CT molecular complexity index is 255. The summed E-state index contributed by atoms with van der Waals surface area (Å²) in [6.07, 6.45) is 3.65. The van der Waals surface area contributed by atoms with Gasteiger partial charge in [-0.05, 0) is 23.8 Å². The van der Waals surface area contributed by atoms with Gasteiger partial charge < -0.3 is 5.11 Å². The first-order valence-corrected chi connectivity index (χ1v) is 5.95. The molecule has 0 saturated heterocycles. The standard InChI is InChI=1S/C14H22O/c1-3-4-10-14(12(2)11-15)13-8-6-5-7-9-13/h5-9,12,14-15H,3-4,10-11H2,1-2H3. The molecular weight excluding hydrogens is 184 g/mol. The molecule has 0 radical (unpaired) electrons. The summed E-state index contributed by atoms with van der Waals surface area (Å²) in [6.45, 7) is 4.63. The number of hydrogen-bond donors (Lipinski definition) is 1. The summed E-state index contributed by atoms with van der Waals surface area (Å²) in [4.78, 5) is 0. The molecule has 1 N–H and O–H groups in total. The maximum absolute atomic E-state index is 9.27. The van der Waals surface area contributed by atoms with Gasteiger partial charge >= 0.3 is 0 Å². The van der Waals surface area contributed by atoms with Gasteiger partial charge in [0.15, 0.2) is 0 Å². The van der Waals surface area contributed by atoms with E-state index in [4.69, 9.17) is 0 Å². The van der Waals surface area contributed by atoms with Gasteiger partial charge in [0.05, 0.1) is 0 Å². The van der Waals surface area contributed by atoms with Crippen molar-refractivity contribution < 1.29 is 5.11 Å². The number of aliphatic hydroxyl groups is 1. The Morgan fingerprint density at radius 1 is 1.20 bits per heavy atom. The molecule has 0 aliphatic heterocycles. The van der Waals surface area contributed by atoms with Gasteiger partial charge in [-0.25, -0.2) is 0 Å². The molecule has 1 heteroatoms. The molecular formula is C14H22O. The van der Waals surface area contributed by atoms with E-state index in [2.05, 4.69) is 38.1 Å². The van der Waals surface area contributed by atoms with Gasteiger partial charge in [0.1, 0.15) is 0 Å². The molecule has 0 fully saturated rings. The van der Waals surface area contributed by atoms with Crippen molar-refractivity contribution in [2.24, 2.45) is 5.92 Å². The fraction of sp³-hybridized carbons (Fsp3) is 0.571. The highest BCUT2D eigenvalue weighted by Gasteiger charge is 2.17. The molecule has 0 heterocycles. The van der Waals surface area contributed by atoms with E-state index in [1.807, 2.05) is 6.07 Å². The molecule has 1 aromatic carbocycles. The van der Waals surface area contributed by atoms with Gasteiger partial charge in [-0.2, -0.15) is 0 Å². The van der Waals surface area contributed by atoms with E-state index in [-0.39, 0.29) is 6.61 Å². The van der Waals surface area contributed by atoms with Crippen molar-refractivity contribution in [2.45, 2.75) is 39.0 Å². The summed E-state index contributed by atoms with van der Waals surface area (Å²) in [5.74, 6) is 0.870. The van der Waals surface area contributed by atoms with Crippen molar-refractivity contribution >= 4 is 0 Å². The molecule has 1 nitrogen and oxygen atoms in total. The minimum Gasteiger partial charge on any atom is -0.396 e. The highest BCUT2D eigenvalue weighted by Crippen LogP contribution is 2.29. The van der Waals surface area contributed by atoms with Crippen LogP contribution in [0.4, 0.5) is 0 Å². The van der Waals surface area contributed by atoms with E-state index in [1.165, 1.54) is 24.8 Å². The van der Waals surface area contributed by atoms with E-state index >= 15 is 0 Å². The zero-order chi connectivity index (χ0) is 11.1. The number of benzene rings is 1. The molecule has 0 spiro atoms. The lowest BCUT2D eigenvalue weighted by Gasteiger charge is -2.22. The van der Waals surface area contributed by atoms with Gasteiger partial charge in [0.2, 0.25) is 0 Å². The van der Waals surface area contributed by atoms with Gasteiger partial charge in [0.25, 0.3) is 0 Å². The Morgan fingerprint density at radius 2 is 1.87 bits per heavy atom. The molecule has 0 amide bonds. The Kier molecular flexibility index (Phi) is 5.41. The van der Waals surface area contributed by atoms with Crippen molar-refractivity contribution in [3.8, 4) is 0 Å². The molecule has 1 rings (SSSR count). The summed E-state index contributed by atoms with van der Waals surface area (Å²) >= 11 is 0. The first-order chi connectivity index (χ1) is 7.29. The van der Waals surface area contributed by atoms with Crippen LogP contribution in [0.25, 0.3) is 0 Å². The lowest BCUT2D eigenvalue weighted by molar-refractivity contribution is 0.210. The van der Waals surface area contributed by atoms with Crippen molar-refractivity contribution in [2.75, 3.05) is 6.61 Å². The predicted octanol–water partition coefficient (Wildman–Crippen LogP) is 3.59. The Labute approximate surface area is 93.1 Å². The molecule has 1 aromatic rings. The summed E-state index contributed by atoms with van der Waals surface area (Å²) < 4.78 is 0. The number of rotatable bonds is 6. The molecule has 0 aliphatic rings. The summed E-state index contributed by atoms with van der Waals surface area (Å²) in [5, 5.41) is 9.27.